The zero-order valence-corrected chi connectivity index (χ0v) is 12.3. The number of phenolic OH excluding ortho intramolecular Hbond substituents is 1. The molecule has 0 radical (unpaired) electrons. The molecule has 21 heavy (non-hydrogen) atoms. The molecule has 0 saturated carbocycles. The van der Waals surface area contributed by atoms with Gasteiger partial charge in [-0.15, -0.1) is 0 Å². The maximum absolute atomic E-state index is 12.2. The number of aromatic hydroxyl groups is 1. The van der Waals surface area contributed by atoms with E-state index in [-0.39, 0.29) is 17.5 Å². The normalized spacial score (nSPS) is 14.0. The summed E-state index contributed by atoms with van der Waals surface area (Å²) in [5.41, 5.74) is 7.94. The molecule has 1 N–H and O–H groups in total. The minimum Gasteiger partial charge on any atom is -0.508 e. The Labute approximate surface area is 125 Å². The van der Waals surface area contributed by atoms with Crippen LogP contribution < -0.4 is 0 Å². The van der Waals surface area contributed by atoms with Gasteiger partial charge in [0.25, 0.3) is 0 Å². The predicted molar refractivity (Wildman–Crippen MR) is 84.2 cm³/mol. The van der Waals surface area contributed by atoms with E-state index in [4.69, 9.17) is 0 Å². The molecule has 1 aliphatic carbocycles. The van der Waals surface area contributed by atoms with Gasteiger partial charge in [0.05, 0.1) is 0 Å². The summed E-state index contributed by atoms with van der Waals surface area (Å²) in [5, 5.41) is 9.43. The van der Waals surface area contributed by atoms with Crippen molar-refractivity contribution in [2.75, 3.05) is 0 Å². The highest BCUT2D eigenvalue weighted by Crippen LogP contribution is 2.31. The Hall–Kier alpha value is -2.27. The van der Waals surface area contributed by atoms with E-state index in [0.29, 0.717) is 12.8 Å². The maximum Gasteiger partial charge on any atom is 0.133 e. The van der Waals surface area contributed by atoms with Gasteiger partial charge in [-0.1, -0.05) is 36.9 Å². The largest absolute Gasteiger partial charge is 0.508 e. The van der Waals surface area contributed by atoms with Gasteiger partial charge in [-0.3, -0.25) is 4.79 Å². The van der Waals surface area contributed by atoms with E-state index >= 15 is 0 Å². The summed E-state index contributed by atoms with van der Waals surface area (Å²) >= 11 is 0. The van der Waals surface area contributed by atoms with Crippen molar-refractivity contribution in [3.8, 4) is 5.75 Å². The first-order valence-corrected chi connectivity index (χ1v) is 7.39. The summed E-state index contributed by atoms with van der Waals surface area (Å²) in [7, 11) is 0. The van der Waals surface area contributed by atoms with Crippen molar-refractivity contribution in [1.82, 2.24) is 0 Å². The number of ketones is 1. The third kappa shape index (κ3) is 4.36. The molecule has 2 rings (SSSR count). The third-order valence-electron chi connectivity index (χ3n) is 3.62. The minimum atomic E-state index is 0.0146. The lowest BCUT2D eigenvalue weighted by Gasteiger charge is -2.18. The lowest BCUT2D eigenvalue weighted by atomic mass is 9.85. The zero-order valence-electron chi connectivity index (χ0n) is 12.3. The molecule has 0 bridgehead atoms. The standard InChI is InChI=1S/C19H20O2/c1-2-3-9-18(21)14-19(15-7-5-4-6-8-15)16-10-12-17(20)13-11-16/h5,7-8,10-13,19-20H,2-3,9,14H2,1H3. The SMILES string of the molecule is CCCCC(=O)CC(C1=CC=C=C=C1)c1ccc(O)cc1. The molecule has 1 atom stereocenters. The molecule has 2 heteroatoms. The van der Waals surface area contributed by atoms with Crippen LogP contribution in [0.5, 0.6) is 5.75 Å². The van der Waals surface area contributed by atoms with Crippen LogP contribution in [-0.4, -0.2) is 10.9 Å². The Morgan fingerprint density at radius 3 is 2.62 bits per heavy atom. The molecule has 1 aliphatic rings. The number of carbonyl (C=O) groups excluding carboxylic acids is 1. The van der Waals surface area contributed by atoms with Crippen LogP contribution >= 0.6 is 0 Å². The lowest BCUT2D eigenvalue weighted by Crippen LogP contribution is -2.09. The highest BCUT2D eigenvalue weighted by Gasteiger charge is 2.19. The average Bonchev–Trinajstić information content (AvgIpc) is 2.52. The third-order valence-corrected chi connectivity index (χ3v) is 3.62. The molecule has 0 amide bonds. The van der Waals surface area contributed by atoms with Crippen LogP contribution in [0, 0.1) is 0 Å². The van der Waals surface area contributed by atoms with E-state index in [1.54, 1.807) is 12.1 Å². The fourth-order valence-electron chi connectivity index (χ4n) is 2.41. The summed E-state index contributed by atoms with van der Waals surface area (Å²) in [4.78, 5) is 12.2. The fraction of sp³-hybridized carbons (Fsp3) is 0.316. The molecule has 1 aromatic rings. The first kappa shape index (κ1) is 15.1. The minimum absolute atomic E-state index is 0.0146. The van der Waals surface area contributed by atoms with Gasteiger partial charge in [-0.2, -0.15) is 0 Å². The number of Topliss-reactive ketones (excluding diaryl/α,β-unsaturated/α-hetero) is 1. The van der Waals surface area contributed by atoms with Crippen LogP contribution in [0.1, 0.15) is 44.1 Å². The Kier molecular flexibility index (Phi) is 5.40. The van der Waals surface area contributed by atoms with E-state index in [2.05, 4.69) is 18.4 Å². The summed E-state index contributed by atoms with van der Waals surface area (Å²) in [6.07, 6.45) is 8.76. The number of rotatable bonds is 7. The van der Waals surface area contributed by atoms with E-state index in [1.165, 1.54) is 0 Å². The molecule has 2 nitrogen and oxygen atoms in total. The van der Waals surface area contributed by atoms with Gasteiger partial charge in [-0.25, -0.2) is 0 Å². The Balaban J connectivity index is 2.20. The number of allylic oxidation sites excluding steroid dienone is 4. The topological polar surface area (TPSA) is 37.3 Å². The molecule has 0 saturated heterocycles. The number of phenols is 1. The van der Waals surface area contributed by atoms with E-state index < -0.39 is 0 Å². The Morgan fingerprint density at radius 2 is 2.00 bits per heavy atom. The van der Waals surface area contributed by atoms with Crippen LogP contribution in [0.15, 0.2) is 59.5 Å². The number of carbonyl (C=O) groups is 1. The van der Waals surface area contributed by atoms with Crippen molar-refractivity contribution in [3.05, 3.63) is 65.1 Å². The summed E-state index contributed by atoms with van der Waals surface area (Å²) in [5.74, 6) is 0.534. The van der Waals surface area contributed by atoms with Gasteiger partial charge in [0.15, 0.2) is 0 Å². The Morgan fingerprint density at radius 1 is 1.24 bits per heavy atom. The molecule has 0 spiro atoms. The van der Waals surface area contributed by atoms with Crippen LogP contribution in [-0.2, 0) is 4.79 Å². The molecule has 0 aromatic heterocycles. The summed E-state index contributed by atoms with van der Waals surface area (Å²) < 4.78 is 0. The number of benzene rings is 1. The first-order valence-electron chi connectivity index (χ1n) is 7.39. The molecule has 1 unspecified atom stereocenters. The number of unbranched alkanes of at least 4 members (excludes halogenated alkanes) is 1. The molecule has 0 heterocycles. The smallest absolute Gasteiger partial charge is 0.133 e. The summed E-state index contributed by atoms with van der Waals surface area (Å²) in [6.45, 7) is 2.09. The van der Waals surface area contributed by atoms with Crippen molar-refractivity contribution >= 4 is 5.78 Å². The number of hydrogen-bond donors (Lipinski definition) is 1. The zero-order chi connectivity index (χ0) is 15.1. The van der Waals surface area contributed by atoms with E-state index in [9.17, 15) is 9.90 Å². The molecule has 0 aliphatic heterocycles. The quantitative estimate of drug-likeness (QED) is 0.750. The molecule has 108 valence electrons. The van der Waals surface area contributed by atoms with Gasteiger partial charge in [-0.05, 0) is 47.9 Å². The highest BCUT2D eigenvalue weighted by molar-refractivity contribution is 5.80. The van der Waals surface area contributed by atoms with E-state index in [0.717, 1.165) is 24.0 Å². The van der Waals surface area contributed by atoms with Gasteiger partial charge >= 0.3 is 0 Å². The van der Waals surface area contributed by atoms with Gasteiger partial charge < -0.3 is 5.11 Å². The van der Waals surface area contributed by atoms with Crippen molar-refractivity contribution in [1.29, 1.82) is 0 Å². The molecular weight excluding hydrogens is 260 g/mol. The molecule has 1 aromatic carbocycles. The average molecular weight is 280 g/mol. The second-order valence-electron chi connectivity index (χ2n) is 5.26. The maximum atomic E-state index is 12.2. The van der Waals surface area contributed by atoms with Gasteiger partial charge in [0, 0.05) is 18.8 Å². The van der Waals surface area contributed by atoms with Gasteiger partial charge in [0.1, 0.15) is 11.5 Å². The monoisotopic (exact) mass is 280 g/mol. The van der Waals surface area contributed by atoms with Crippen LogP contribution in [0.4, 0.5) is 0 Å². The summed E-state index contributed by atoms with van der Waals surface area (Å²) in [6, 6.07) is 7.09. The van der Waals surface area contributed by atoms with Crippen LogP contribution in [0.25, 0.3) is 0 Å². The van der Waals surface area contributed by atoms with Crippen molar-refractivity contribution < 1.29 is 9.90 Å². The van der Waals surface area contributed by atoms with E-state index in [1.807, 2.05) is 30.4 Å². The lowest BCUT2D eigenvalue weighted by molar-refractivity contribution is -0.119. The van der Waals surface area contributed by atoms with Crippen molar-refractivity contribution in [3.63, 3.8) is 0 Å². The van der Waals surface area contributed by atoms with Crippen LogP contribution in [0.2, 0.25) is 0 Å². The number of hydrogen-bond acceptors (Lipinski definition) is 2. The first-order chi connectivity index (χ1) is 10.2. The second kappa shape index (κ2) is 7.50. The van der Waals surface area contributed by atoms with Gasteiger partial charge in [0.2, 0.25) is 0 Å². The van der Waals surface area contributed by atoms with Crippen molar-refractivity contribution in [2.24, 2.45) is 0 Å². The molecule has 0 fully saturated rings. The van der Waals surface area contributed by atoms with Crippen LogP contribution in [0.3, 0.4) is 0 Å². The highest BCUT2D eigenvalue weighted by atomic mass is 16.3. The molecular formula is C19H20O2. The Bertz CT molecular complexity index is 622. The van der Waals surface area contributed by atoms with Crippen molar-refractivity contribution in [2.45, 2.75) is 38.5 Å². The second-order valence-corrected chi connectivity index (χ2v) is 5.26. The predicted octanol–water partition coefficient (Wildman–Crippen LogP) is 4.43. The fourth-order valence-corrected chi connectivity index (χ4v) is 2.41.